The minimum atomic E-state index is -0.552. The van der Waals surface area contributed by atoms with E-state index in [0.29, 0.717) is 0 Å². The van der Waals surface area contributed by atoms with E-state index >= 15 is 0 Å². The fourth-order valence-corrected chi connectivity index (χ4v) is 2.12. The minimum absolute atomic E-state index is 0.274. The maximum atomic E-state index is 12.9. The van der Waals surface area contributed by atoms with Gasteiger partial charge in [-0.2, -0.15) is 0 Å². The lowest BCUT2D eigenvalue weighted by atomic mass is 10.2. The summed E-state index contributed by atoms with van der Waals surface area (Å²) < 4.78 is 13.8. The smallest absolute Gasteiger partial charge is 0.165 e. The van der Waals surface area contributed by atoms with Gasteiger partial charge in [-0.05, 0) is 29.3 Å². The number of fused-ring (bicyclic) bond motifs is 1. The second kappa shape index (κ2) is 2.45. The Bertz CT molecular complexity index is 433. The van der Waals surface area contributed by atoms with Gasteiger partial charge in [0.1, 0.15) is 0 Å². The Kier molecular flexibility index (Phi) is 1.54. The Morgan fingerprint density at radius 1 is 1.42 bits per heavy atom. The quantitative estimate of drug-likeness (QED) is 0.663. The summed E-state index contributed by atoms with van der Waals surface area (Å²) in [5, 5.41) is 11.9. The molecule has 1 nitrogen and oxygen atoms in total. The summed E-state index contributed by atoms with van der Waals surface area (Å²) in [5.41, 5.74) is 1.05. The third-order valence-electron chi connectivity index (χ3n) is 1.84. The van der Waals surface area contributed by atoms with E-state index in [4.69, 9.17) is 5.11 Å². The van der Waals surface area contributed by atoms with Crippen LogP contribution in [0.25, 0.3) is 10.1 Å². The van der Waals surface area contributed by atoms with E-state index in [-0.39, 0.29) is 5.75 Å². The molecule has 0 aliphatic carbocycles. The summed E-state index contributed by atoms with van der Waals surface area (Å²) in [7, 11) is 0. The van der Waals surface area contributed by atoms with Crippen LogP contribution >= 0.6 is 11.3 Å². The van der Waals surface area contributed by atoms with Crippen LogP contribution in [0, 0.1) is 12.7 Å². The second-order valence-electron chi connectivity index (χ2n) is 2.72. The van der Waals surface area contributed by atoms with Gasteiger partial charge in [-0.25, -0.2) is 4.39 Å². The Morgan fingerprint density at radius 3 is 2.92 bits per heavy atom. The molecule has 0 spiro atoms. The van der Waals surface area contributed by atoms with Crippen molar-refractivity contribution in [2.24, 2.45) is 0 Å². The molecule has 0 aliphatic heterocycles. The monoisotopic (exact) mass is 182 g/mol. The topological polar surface area (TPSA) is 20.2 Å². The number of phenols is 1. The lowest BCUT2D eigenvalue weighted by Crippen LogP contribution is -1.75. The largest absolute Gasteiger partial charge is 0.505 e. The van der Waals surface area contributed by atoms with Crippen LogP contribution in [0.2, 0.25) is 0 Å². The van der Waals surface area contributed by atoms with Gasteiger partial charge in [-0.1, -0.05) is 0 Å². The third kappa shape index (κ3) is 0.975. The van der Waals surface area contributed by atoms with Crippen LogP contribution in [-0.2, 0) is 0 Å². The van der Waals surface area contributed by atoms with Crippen LogP contribution in [0.1, 0.15) is 5.56 Å². The predicted molar refractivity (Wildman–Crippen MR) is 48.2 cm³/mol. The first-order valence-corrected chi connectivity index (χ1v) is 4.43. The van der Waals surface area contributed by atoms with E-state index in [1.807, 2.05) is 12.3 Å². The summed E-state index contributed by atoms with van der Waals surface area (Å²) >= 11 is 1.51. The van der Waals surface area contributed by atoms with E-state index in [1.54, 1.807) is 0 Å². The Hall–Kier alpha value is -1.09. The highest BCUT2D eigenvalue weighted by molar-refractivity contribution is 7.17. The molecule has 0 amide bonds. The third-order valence-corrected chi connectivity index (χ3v) is 2.90. The van der Waals surface area contributed by atoms with Gasteiger partial charge >= 0.3 is 0 Å². The molecule has 0 unspecified atom stereocenters. The number of aryl methyl sites for hydroxylation is 1. The number of hydrogen-bond acceptors (Lipinski definition) is 2. The van der Waals surface area contributed by atoms with Gasteiger partial charge in [-0.15, -0.1) is 11.3 Å². The fourth-order valence-electron chi connectivity index (χ4n) is 1.16. The standard InChI is InChI=1S/C9H7FOS/c1-5-4-12-9-3-8(11)7(10)2-6(5)9/h2-4,11H,1H3. The van der Waals surface area contributed by atoms with Gasteiger partial charge in [0.25, 0.3) is 0 Å². The zero-order chi connectivity index (χ0) is 8.72. The van der Waals surface area contributed by atoms with Gasteiger partial charge in [-0.3, -0.25) is 0 Å². The molecule has 62 valence electrons. The van der Waals surface area contributed by atoms with Crippen molar-refractivity contribution in [2.45, 2.75) is 6.92 Å². The highest BCUT2D eigenvalue weighted by atomic mass is 32.1. The lowest BCUT2D eigenvalue weighted by Gasteiger charge is -1.95. The molecule has 12 heavy (non-hydrogen) atoms. The molecule has 0 fully saturated rings. The summed E-state index contributed by atoms with van der Waals surface area (Å²) in [5.74, 6) is -0.826. The number of phenolic OH excluding ortho intramolecular Hbond substituents is 1. The Morgan fingerprint density at radius 2 is 2.17 bits per heavy atom. The second-order valence-corrected chi connectivity index (χ2v) is 3.63. The van der Waals surface area contributed by atoms with E-state index in [0.717, 1.165) is 15.6 Å². The molecule has 1 aromatic heterocycles. The van der Waals surface area contributed by atoms with Crippen LogP contribution in [-0.4, -0.2) is 5.11 Å². The molecular formula is C9H7FOS. The highest BCUT2D eigenvalue weighted by Crippen LogP contribution is 2.30. The number of rotatable bonds is 0. The van der Waals surface area contributed by atoms with Gasteiger partial charge in [0.05, 0.1) is 0 Å². The van der Waals surface area contributed by atoms with Crippen molar-refractivity contribution in [3.8, 4) is 5.75 Å². The van der Waals surface area contributed by atoms with E-state index in [1.165, 1.54) is 23.5 Å². The molecular weight excluding hydrogens is 175 g/mol. The molecule has 1 aromatic carbocycles. The van der Waals surface area contributed by atoms with Gasteiger partial charge < -0.3 is 5.11 Å². The number of hydrogen-bond donors (Lipinski definition) is 1. The lowest BCUT2D eigenvalue weighted by molar-refractivity contribution is 0.434. The molecule has 0 saturated carbocycles. The van der Waals surface area contributed by atoms with Gasteiger partial charge in [0.2, 0.25) is 0 Å². The fraction of sp³-hybridized carbons (Fsp3) is 0.111. The first kappa shape index (κ1) is 7.55. The first-order chi connectivity index (χ1) is 5.68. The van der Waals surface area contributed by atoms with Gasteiger partial charge in [0.15, 0.2) is 11.6 Å². The molecule has 0 radical (unpaired) electrons. The Labute approximate surface area is 73.1 Å². The minimum Gasteiger partial charge on any atom is -0.505 e. The molecule has 0 bridgehead atoms. The first-order valence-electron chi connectivity index (χ1n) is 3.55. The molecule has 0 atom stereocenters. The molecule has 2 rings (SSSR count). The summed E-state index contributed by atoms with van der Waals surface area (Å²) in [6, 6.07) is 2.83. The van der Waals surface area contributed by atoms with Crippen LogP contribution in [0.4, 0.5) is 4.39 Å². The summed E-state index contributed by atoms with van der Waals surface area (Å²) in [6.45, 7) is 1.93. The summed E-state index contributed by atoms with van der Waals surface area (Å²) in [6.07, 6.45) is 0. The zero-order valence-corrected chi connectivity index (χ0v) is 7.28. The SMILES string of the molecule is Cc1csc2cc(O)c(F)cc12. The van der Waals surface area contributed by atoms with Gasteiger partial charge in [0, 0.05) is 10.8 Å². The molecule has 1 heterocycles. The van der Waals surface area contributed by atoms with Crippen LogP contribution in [0.5, 0.6) is 5.75 Å². The van der Waals surface area contributed by atoms with Crippen molar-refractivity contribution in [3.63, 3.8) is 0 Å². The highest BCUT2D eigenvalue weighted by Gasteiger charge is 2.05. The number of halogens is 1. The normalized spacial score (nSPS) is 10.8. The maximum Gasteiger partial charge on any atom is 0.165 e. The zero-order valence-electron chi connectivity index (χ0n) is 6.47. The Balaban J connectivity index is 2.87. The van der Waals surface area contributed by atoms with Crippen LogP contribution < -0.4 is 0 Å². The molecule has 0 aliphatic rings. The van der Waals surface area contributed by atoms with Crippen molar-refractivity contribution >= 4 is 21.4 Å². The molecule has 3 heteroatoms. The van der Waals surface area contributed by atoms with Crippen LogP contribution in [0.3, 0.4) is 0 Å². The molecule has 2 aromatic rings. The number of aromatic hydroxyl groups is 1. The number of benzene rings is 1. The van der Waals surface area contributed by atoms with Crippen molar-refractivity contribution in [2.75, 3.05) is 0 Å². The van der Waals surface area contributed by atoms with E-state index in [2.05, 4.69) is 0 Å². The van der Waals surface area contributed by atoms with Crippen molar-refractivity contribution < 1.29 is 9.50 Å². The van der Waals surface area contributed by atoms with Crippen molar-refractivity contribution in [1.29, 1.82) is 0 Å². The number of thiophene rings is 1. The molecule has 1 N–H and O–H groups in total. The maximum absolute atomic E-state index is 12.9. The van der Waals surface area contributed by atoms with E-state index < -0.39 is 5.82 Å². The van der Waals surface area contributed by atoms with Crippen molar-refractivity contribution in [3.05, 3.63) is 28.9 Å². The van der Waals surface area contributed by atoms with Crippen molar-refractivity contribution in [1.82, 2.24) is 0 Å². The predicted octanol–water partition coefficient (Wildman–Crippen LogP) is 3.05. The summed E-state index contributed by atoms with van der Waals surface area (Å²) in [4.78, 5) is 0. The van der Waals surface area contributed by atoms with E-state index in [9.17, 15) is 4.39 Å². The van der Waals surface area contributed by atoms with Crippen LogP contribution in [0.15, 0.2) is 17.5 Å². The average molecular weight is 182 g/mol. The molecule has 0 saturated heterocycles. The average Bonchev–Trinajstić information content (AvgIpc) is 2.35.